The Morgan fingerprint density at radius 2 is 1.91 bits per heavy atom. The standard InChI is InChI=1S/C16H13N3O4/c1-18-9-8-11-10-12(2-7-15(11)18)17-16(20)23-14-5-3-13(4-6-14)19(21)22/h2-10H,1H3,(H,17,20). The van der Waals surface area contributed by atoms with Crippen molar-refractivity contribution in [2.45, 2.75) is 0 Å². The minimum atomic E-state index is -0.658. The van der Waals surface area contributed by atoms with Gasteiger partial charge in [-0.2, -0.15) is 0 Å². The number of carbonyl (C=O) groups excluding carboxylic acids is 1. The van der Waals surface area contributed by atoms with E-state index in [0.29, 0.717) is 5.69 Å². The average molecular weight is 311 g/mol. The van der Waals surface area contributed by atoms with Crippen LogP contribution in [-0.2, 0) is 7.05 Å². The zero-order valence-electron chi connectivity index (χ0n) is 12.2. The third-order valence-corrected chi connectivity index (χ3v) is 3.39. The molecule has 0 aliphatic carbocycles. The number of non-ortho nitro benzene ring substituents is 1. The van der Waals surface area contributed by atoms with E-state index in [1.807, 2.05) is 36.0 Å². The van der Waals surface area contributed by atoms with Crippen LogP contribution in [0.5, 0.6) is 5.75 Å². The molecule has 7 nitrogen and oxygen atoms in total. The topological polar surface area (TPSA) is 86.4 Å². The lowest BCUT2D eigenvalue weighted by atomic mass is 10.2. The molecule has 2 aromatic carbocycles. The molecule has 1 amide bonds. The van der Waals surface area contributed by atoms with E-state index >= 15 is 0 Å². The highest BCUT2D eigenvalue weighted by molar-refractivity contribution is 5.91. The Balaban J connectivity index is 1.69. The summed E-state index contributed by atoms with van der Waals surface area (Å²) in [5, 5.41) is 14.2. The average Bonchev–Trinajstić information content (AvgIpc) is 2.88. The fourth-order valence-corrected chi connectivity index (χ4v) is 2.25. The second kappa shape index (κ2) is 5.80. The molecule has 7 heteroatoms. The molecule has 1 N–H and O–H groups in total. The van der Waals surface area contributed by atoms with Gasteiger partial charge in [-0.15, -0.1) is 0 Å². The summed E-state index contributed by atoms with van der Waals surface area (Å²) in [7, 11) is 1.94. The third kappa shape index (κ3) is 3.13. The normalized spacial score (nSPS) is 10.5. The largest absolute Gasteiger partial charge is 0.417 e. The first-order chi connectivity index (χ1) is 11.0. The predicted molar refractivity (Wildman–Crippen MR) is 85.7 cm³/mol. The van der Waals surface area contributed by atoms with Crippen molar-refractivity contribution in [3.8, 4) is 5.75 Å². The van der Waals surface area contributed by atoms with Crippen LogP contribution in [0, 0.1) is 10.1 Å². The summed E-state index contributed by atoms with van der Waals surface area (Å²) in [6.45, 7) is 0. The van der Waals surface area contributed by atoms with Crippen molar-refractivity contribution in [3.05, 3.63) is 64.8 Å². The van der Waals surface area contributed by atoms with Gasteiger partial charge < -0.3 is 9.30 Å². The van der Waals surface area contributed by atoms with Crippen molar-refractivity contribution in [1.29, 1.82) is 0 Å². The highest BCUT2D eigenvalue weighted by atomic mass is 16.6. The second-order valence-electron chi connectivity index (χ2n) is 4.97. The molecule has 0 atom stereocenters. The Kier molecular flexibility index (Phi) is 3.68. The number of rotatable bonds is 3. The van der Waals surface area contributed by atoms with E-state index in [1.54, 1.807) is 6.07 Å². The molecular weight excluding hydrogens is 298 g/mol. The monoisotopic (exact) mass is 311 g/mol. The number of nitro groups is 1. The smallest absolute Gasteiger partial charge is 0.410 e. The van der Waals surface area contributed by atoms with Gasteiger partial charge in [0.15, 0.2) is 0 Å². The van der Waals surface area contributed by atoms with Crippen LogP contribution in [0.4, 0.5) is 16.2 Å². The van der Waals surface area contributed by atoms with Gasteiger partial charge in [-0.25, -0.2) is 4.79 Å². The van der Waals surface area contributed by atoms with Crippen LogP contribution in [0.1, 0.15) is 0 Å². The molecular formula is C16H13N3O4. The van der Waals surface area contributed by atoms with Crippen molar-refractivity contribution in [1.82, 2.24) is 4.57 Å². The molecule has 0 saturated heterocycles. The van der Waals surface area contributed by atoms with E-state index in [9.17, 15) is 14.9 Å². The van der Waals surface area contributed by atoms with E-state index in [1.165, 1.54) is 24.3 Å². The van der Waals surface area contributed by atoms with Gasteiger partial charge in [-0.3, -0.25) is 15.4 Å². The number of hydrogen-bond acceptors (Lipinski definition) is 4. The summed E-state index contributed by atoms with van der Waals surface area (Å²) in [6.07, 6.45) is 1.28. The summed E-state index contributed by atoms with van der Waals surface area (Å²) in [6, 6.07) is 12.8. The SMILES string of the molecule is Cn1ccc2cc(NC(=O)Oc3ccc([N+](=O)[O-])cc3)ccc21. The van der Waals surface area contributed by atoms with E-state index in [2.05, 4.69) is 5.32 Å². The van der Waals surface area contributed by atoms with Gasteiger partial charge in [0.05, 0.1) is 4.92 Å². The van der Waals surface area contributed by atoms with Crippen LogP contribution in [-0.4, -0.2) is 15.6 Å². The quantitative estimate of drug-likeness (QED) is 0.590. The number of nitrogens with zero attached hydrogens (tertiary/aromatic N) is 2. The number of carbonyl (C=O) groups is 1. The molecule has 0 aliphatic heterocycles. The maximum Gasteiger partial charge on any atom is 0.417 e. The van der Waals surface area contributed by atoms with Gasteiger partial charge in [-0.05, 0) is 36.4 Å². The number of nitrogens with one attached hydrogen (secondary N) is 1. The second-order valence-corrected chi connectivity index (χ2v) is 4.97. The molecule has 116 valence electrons. The first-order valence-corrected chi connectivity index (χ1v) is 6.81. The molecule has 0 spiro atoms. The van der Waals surface area contributed by atoms with Crippen LogP contribution in [0.2, 0.25) is 0 Å². The van der Waals surface area contributed by atoms with Crippen LogP contribution in [0.25, 0.3) is 10.9 Å². The minimum Gasteiger partial charge on any atom is -0.410 e. The summed E-state index contributed by atoms with van der Waals surface area (Å²) in [4.78, 5) is 21.9. The molecule has 0 saturated carbocycles. The van der Waals surface area contributed by atoms with Gasteiger partial charge >= 0.3 is 6.09 Å². The molecule has 3 rings (SSSR count). The summed E-state index contributed by atoms with van der Waals surface area (Å²) in [5.74, 6) is 0.230. The Hall–Kier alpha value is -3.35. The van der Waals surface area contributed by atoms with Crippen LogP contribution in [0.3, 0.4) is 0 Å². The van der Waals surface area contributed by atoms with E-state index in [4.69, 9.17) is 4.74 Å². The van der Waals surface area contributed by atoms with Crippen LogP contribution in [0.15, 0.2) is 54.7 Å². The van der Waals surface area contributed by atoms with Crippen molar-refractivity contribution in [3.63, 3.8) is 0 Å². The van der Waals surface area contributed by atoms with Crippen molar-refractivity contribution >= 4 is 28.4 Å². The number of aryl methyl sites for hydroxylation is 1. The number of fused-ring (bicyclic) bond motifs is 1. The number of hydrogen-bond donors (Lipinski definition) is 1. The molecule has 3 aromatic rings. The fourth-order valence-electron chi connectivity index (χ4n) is 2.25. The molecule has 1 heterocycles. The number of benzene rings is 2. The van der Waals surface area contributed by atoms with Gasteiger partial charge in [-0.1, -0.05) is 0 Å². The number of amides is 1. The molecule has 0 fully saturated rings. The summed E-state index contributed by atoms with van der Waals surface area (Å²) in [5.41, 5.74) is 1.60. The summed E-state index contributed by atoms with van der Waals surface area (Å²) < 4.78 is 7.07. The molecule has 1 aromatic heterocycles. The molecule has 0 radical (unpaired) electrons. The van der Waals surface area contributed by atoms with E-state index in [0.717, 1.165) is 10.9 Å². The van der Waals surface area contributed by atoms with Crippen LogP contribution >= 0.6 is 0 Å². The Morgan fingerprint density at radius 1 is 1.17 bits per heavy atom. The van der Waals surface area contributed by atoms with Gasteiger partial charge in [0.25, 0.3) is 5.69 Å². The van der Waals surface area contributed by atoms with E-state index < -0.39 is 11.0 Å². The highest BCUT2D eigenvalue weighted by Gasteiger charge is 2.09. The minimum absolute atomic E-state index is 0.0627. The van der Waals surface area contributed by atoms with Crippen molar-refractivity contribution in [2.24, 2.45) is 7.05 Å². The Labute approximate surface area is 131 Å². The zero-order valence-corrected chi connectivity index (χ0v) is 12.2. The number of ether oxygens (including phenoxy) is 1. The maximum atomic E-state index is 11.9. The first-order valence-electron chi connectivity index (χ1n) is 6.81. The highest BCUT2D eigenvalue weighted by Crippen LogP contribution is 2.21. The lowest BCUT2D eigenvalue weighted by Gasteiger charge is -2.07. The fraction of sp³-hybridized carbons (Fsp3) is 0.0625. The maximum absolute atomic E-state index is 11.9. The van der Waals surface area contributed by atoms with Gasteiger partial charge in [0, 0.05) is 42.0 Å². The lowest BCUT2D eigenvalue weighted by molar-refractivity contribution is -0.384. The zero-order chi connectivity index (χ0) is 16.4. The third-order valence-electron chi connectivity index (χ3n) is 3.39. The van der Waals surface area contributed by atoms with Gasteiger partial charge in [0.2, 0.25) is 0 Å². The van der Waals surface area contributed by atoms with Crippen molar-refractivity contribution < 1.29 is 14.5 Å². The molecule has 23 heavy (non-hydrogen) atoms. The molecule has 0 bridgehead atoms. The number of anilines is 1. The number of nitro benzene ring substituents is 1. The predicted octanol–water partition coefficient (Wildman–Crippen LogP) is 3.70. The Bertz CT molecular complexity index is 884. The van der Waals surface area contributed by atoms with E-state index in [-0.39, 0.29) is 11.4 Å². The number of aromatic nitrogens is 1. The molecule has 0 unspecified atom stereocenters. The first kappa shape index (κ1) is 14.6. The molecule has 0 aliphatic rings. The van der Waals surface area contributed by atoms with Gasteiger partial charge in [0.1, 0.15) is 5.75 Å². The van der Waals surface area contributed by atoms with Crippen molar-refractivity contribution in [2.75, 3.05) is 5.32 Å². The van der Waals surface area contributed by atoms with Crippen LogP contribution < -0.4 is 10.1 Å². The lowest BCUT2D eigenvalue weighted by Crippen LogP contribution is -2.16. The summed E-state index contributed by atoms with van der Waals surface area (Å²) >= 11 is 0. The Morgan fingerprint density at radius 3 is 2.61 bits per heavy atom.